The molecule has 1 fully saturated rings. The summed E-state index contributed by atoms with van der Waals surface area (Å²) in [5.74, 6) is 0. The van der Waals surface area contributed by atoms with Crippen molar-refractivity contribution < 1.29 is 13.7 Å². The van der Waals surface area contributed by atoms with Crippen molar-refractivity contribution in [3.63, 3.8) is 0 Å². The Bertz CT molecular complexity index is 861. The summed E-state index contributed by atoms with van der Waals surface area (Å²) >= 11 is 0. The molecule has 3 nitrogen and oxygen atoms in total. The van der Waals surface area contributed by atoms with Crippen LogP contribution in [0.4, 0.5) is 0 Å². The van der Waals surface area contributed by atoms with Gasteiger partial charge in [0.1, 0.15) is 0 Å². The summed E-state index contributed by atoms with van der Waals surface area (Å²) in [5.41, 5.74) is 0.464. The zero-order valence-corrected chi connectivity index (χ0v) is 22.1. The minimum atomic E-state index is -2.49. The predicted octanol–water partition coefficient (Wildman–Crippen LogP) is 5.53. The standard InChI is InChI=1S/C27H39BO3Si/c1-22(28-30-26(5,6)27(7,8)31-28)16-15-21-29-32(25(2,3)4,23-17-11-9-12-18-23)24-19-13-10-14-20-24/h9-14,16-20H,15,21H2,1-8H3/b22-16+. The second-order valence-electron chi connectivity index (χ2n) is 10.8. The first-order chi connectivity index (χ1) is 14.9. The van der Waals surface area contributed by atoms with Gasteiger partial charge in [0.25, 0.3) is 8.32 Å². The van der Waals surface area contributed by atoms with Crippen LogP contribution in [0.5, 0.6) is 0 Å². The Morgan fingerprint density at radius 3 is 1.72 bits per heavy atom. The molecule has 0 N–H and O–H groups in total. The first-order valence-corrected chi connectivity index (χ1v) is 13.6. The molecule has 0 aliphatic carbocycles. The zero-order chi connectivity index (χ0) is 23.6. The van der Waals surface area contributed by atoms with Gasteiger partial charge in [-0.15, -0.1) is 0 Å². The van der Waals surface area contributed by atoms with E-state index in [0.29, 0.717) is 6.61 Å². The molecule has 0 unspecified atom stereocenters. The molecular weight excluding hydrogens is 411 g/mol. The summed E-state index contributed by atoms with van der Waals surface area (Å²) < 4.78 is 19.4. The summed E-state index contributed by atoms with van der Waals surface area (Å²) in [5, 5.41) is 2.61. The Labute approximate surface area is 196 Å². The van der Waals surface area contributed by atoms with Crippen molar-refractivity contribution in [2.24, 2.45) is 0 Å². The molecule has 0 saturated carbocycles. The van der Waals surface area contributed by atoms with Crippen LogP contribution in [-0.4, -0.2) is 33.2 Å². The Hall–Kier alpha value is -1.66. The van der Waals surface area contributed by atoms with Gasteiger partial charge in [-0.05, 0) is 61.9 Å². The van der Waals surface area contributed by atoms with Crippen molar-refractivity contribution in [3.8, 4) is 0 Å². The van der Waals surface area contributed by atoms with Gasteiger partial charge in [0.05, 0.1) is 11.2 Å². The number of hydrogen-bond acceptors (Lipinski definition) is 3. The molecule has 0 spiro atoms. The second-order valence-corrected chi connectivity index (χ2v) is 15.1. The number of allylic oxidation sites excluding steroid dienone is 1. The van der Waals surface area contributed by atoms with E-state index in [1.807, 2.05) is 0 Å². The van der Waals surface area contributed by atoms with E-state index in [9.17, 15) is 0 Å². The average Bonchev–Trinajstić information content (AvgIpc) is 2.95. The van der Waals surface area contributed by atoms with Gasteiger partial charge in [-0.25, -0.2) is 0 Å². The highest BCUT2D eigenvalue weighted by Crippen LogP contribution is 2.39. The first-order valence-electron chi connectivity index (χ1n) is 11.7. The van der Waals surface area contributed by atoms with Crippen LogP contribution in [0.1, 0.15) is 61.8 Å². The molecule has 1 heterocycles. The maximum absolute atomic E-state index is 6.97. The molecule has 3 rings (SSSR count). The summed E-state index contributed by atoms with van der Waals surface area (Å²) in [6.07, 6.45) is 3.03. The largest absolute Gasteiger partial charge is 0.489 e. The molecule has 0 bridgehead atoms. The smallest absolute Gasteiger partial charge is 0.407 e. The van der Waals surface area contributed by atoms with Gasteiger partial charge in [0.15, 0.2) is 0 Å². The van der Waals surface area contributed by atoms with Gasteiger partial charge >= 0.3 is 7.12 Å². The molecule has 0 aromatic heterocycles. The van der Waals surface area contributed by atoms with Gasteiger partial charge in [0, 0.05) is 6.61 Å². The minimum Gasteiger partial charge on any atom is -0.407 e. The van der Waals surface area contributed by atoms with Gasteiger partial charge in [0.2, 0.25) is 0 Å². The van der Waals surface area contributed by atoms with Crippen LogP contribution in [0.2, 0.25) is 5.04 Å². The average molecular weight is 451 g/mol. The normalized spacial score (nSPS) is 18.8. The SMILES string of the molecule is C/C(=C\CCO[Si](c1ccccc1)(c1ccccc1)C(C)(C)C)B1OC(C)(C)C(C)(C)O1. The van der Waals surface area contributed by atoms with E-state index in [4.69, 9.17) is 13.7 Å². The third-order valence-corrected chi connectivity index (χ3v) is 12.0. The highest BCUT2D eigenvalue weighted by Gasteiger charge is 2.52. The Morgan fingerprint density at radius 2 is 1.31 bits per heavy atom. The van der Waals surface area contributed by atoms with Crippen molar-refractivity contribution in [1.29, 1.82) is 0 Å². The predicted molar refractivity (Wildman–Crippen MR) is 138 cm³/mol. The Morgan fingerprint density at radius 1 is 0.875 bits per heavy atom. The van der Waals surface area contributed by atoms with Crippen LogP contribution in [0.15, 0.2) is 72.2 Å². The minimum absolute atomic E-state index is 0.0137. The van der Waals surface area contributed by atoms with Crippen LogP contribution in [0.3, 0.4) is 0 Å². The molecule has 1 saturated heterocycles. The van der Waals surface area contributed by atoms with E-state index >= 15 is 0 Å². The fourth-order valence-corrected chi connectivity index (χ4v) is 8.96. The van der Waals surface area contributed by atoms with Crippen molar-refractivity contribution in [2.45, 2.75) is 78.1 Å². The molecule has 172 valence electrons. The van der Waals surface area contributed by atoms with Crippen LogP contribution in [0.25, 0.3) is 0 Å². The van der Waals surface area contributed by atoms with Gasteiger partial charge in [-0.2, -0.15) is 0 Å². The van der Waals surface area contributed by atoms with Gasteiger partial charge < -0.3 is 13.7 Å². The van der Waals surface area contributed by atoms with Gasteiger partial charge in [-0.1, -0.05) is 87.5 Å². The monoisotopic (exact) mass is 450 g/mol. The highest BCUT2D eigenvalue weighted by atomic mass is 28.4. The van der Waals surface area contributed by atoms with E-state index in [2.05, 4.69) is 122 Å². The lowest BCUT2D eigenvalue weighted by Crippen LogP contribution is -2.66. The van der Waals surface area contributed by atoms with E-state index < -0.39 is 8.32 Å². The lowest BCUT2D eigenvalue weighted by Gasteiger charge is -2.43. The summed E-state index contributed by atoms with van der Waals surface area (Å²) in [7, 11) is -2.79. The molecule has 1 aliphatic rings. The zero-order valence-electron chi connectivity index (χ0n) is 21.1. The summed E-state index contributed by atoms with van der Waals surface area (Å²) in [6.45, 7) is 18.0. The number of benzene rings is 2. The molecule has 32 heavy (non-hydrogen) atoms. The van der Waals surface area contributed by atoms with Crippen LogP contribution >= 0.6 is 0 Å². The van der Waals surface area contributed by atoms with Crippen LogP contribution < -0.4 is 10.4 Å². The van der Waals surface area contributed by atoms with E-state index in [0.717, 1.165) is 11.9 Å². The highest BCUT2D eigenvalue weighted by molar-refractivity contribution is 6.99. The molecule has 0 radical (unpaired) electrons. The molecule has 0 atom stereocenters. The maximum atomic E-state index is 6.97. The van der Waals surface area contributed by atoms with E-state index in [1.54, 1.807) is 0 Å². The maximum Gasteiger partial charge on any atom is 0.489 e. The molecule has 0 amide bonds. The Kier molecular flexibility index (Phi) is 7.26. The molecule has 2 aromatic rings. The van der Waals surface area contributed by atoms with E-state index in [1.165, 1.54) is 10.4 Å². The van der Waals surface area contributed by atoms with Crippen LogP contribution in [-0.2, 0) is 13.7 Å². The fraction of sp³-hybridized carbons (Fsp3) is 0.481. The van der Waals surface area contributed by atoms with Gasteiger partial charge in [-0.3, -0.25) is 0 Å². The molecular formula is C27H39BO3Si. The topological polar surface area (TPSA) is 27.7 Å². The quantitative estimate of drug-likeness (QED) is 0.410. The fourth-order valence-electron chi connectivity index (χ4n) is 4.39. The third kappa shape index (κ3) is 4.81. The summed E-state index contributed by atoms with van der Waals surface area (Å²) in [4.78, 5) is 0. The van der Waals surface area contributed by atoms with Crippen molar-refractivity contribution in [2.75, 3.05) is 6.61 Å². The molecule has 2 aromatic carbocycles. The summed E-state index contributed by atoms with van der Waals surface area (Å²) in [6, 6.07) is 21.6. The van der Waals surface area contributed by atoms with Crippen molar-refractivity contribution >= 4 is 25.8 Å². The number of rotatable bonds is 7. The Balaban J connectivity index is 1.82. The number of hydrogen-bond donors (Lipinski definition) is 0. The van der Waals surface area contributed by atoms with Crippen LogP contribution in [0, 0.1) is 0 Å². The first kappa shape index (κ1) is 25.0. The third-order valence-electron chi connectivity index (χ3n) is 6.94. The molecule has 1 aliphatic heterocycles. The van der Waals surface area contributed by atoms with E-state index in [-0.39, 0.29) is 23.4 Å². The lowest BCUT2D eigenvalue weighted by atomic mass is 9.79. The molecule has 5 heteroatoms. The second kappa shape index (κ2) is 9.30. The lowest BCUT2D eigenvalue weighted by molar-refractivity contribution is 0.00578. The van der Waals surface area contributed by atoms with Crippen molar-refractivity contribution in [1.82, 2.24) is 0 Å². The van der Waals surface area contributed by atoms with Crippen molar-refractivity contribution in [3.05, 3.63) is 72.2 Å².